The number of methoxy groups -OCH3 is 1. The van der Waals surface area contributed by atoms with Gasteiger partial charge in [0.2, 0.25) is 0 Å². The van der Waals surface area contributed by atoms with Gasteiger partial charge in [-0.2, -0.15) is 0 Å². The average Bonchev–Trinajstić information content (AvgIpc) is 3.10. The Morgan fingerprint density at radius 2 is 1.86 bits per heavy atom. The van der Waals surface area contributed by atoms with Gasteiger partial charge in [0.1, 0.15) is 29.0 Å². The lowest BCUT2D eigenvalue weighted by Crippen LogP contribution is -2.30. The lowest BCUT2D eigenvalue weighted by Gasteiger charge is -2.16. The van der Waals surface area contributed by atoms with Gasteiger partial charge in [-0.25, -0.2) is 0 Å². The van der Waals surface area contributed by atoms with Gasteiger partial charge in [-0.05, 0) is 31.2 Å². The van der Waals surface area contributed by atoms with Crippen molar-refractivity contribution >= 4 is 39.8 Å². The molecule has 1 amide bonds. The summed E-state index contributed by atoms with van der Waals surface area (Å²) in [6.45, 7) is 1.63. The van der Waals surface area contributed by atoms with Gasteiger partial charge < -0.3 is 19.2 Å². The third-order valence-corrected chi connectivity index (χ3v) is 4.63. The number of nitrogens with one attached hydrogen (secondary N) is 1. The Bertz CT molecular complexity index is 1210. The van der Waals surface area contributed by atoms with Crippen molar-refractivity contribution in [2.45, 2.75) is 13.0 Å². The number of rotatable bonds is 6. The van der Waals surface area contributed by atoms with Crippen LogP contribution < -0.4 is 14.8 Å². The number of fused-ring (bicyclic) bond motifs is 3. The second kappa shape index (κ2) is 7.67. The second-order valence-corrected chi connectivity index (χ2v) is 6.59. The van der Waals surface area contributed by atoms with Crippen molar-refractivity contribution < 1.29 is 23.5 Å². The Morgan fingerprint density at radius 1 is 1.03 bits per heavy atom. The molecule has 0 aliphatic heterocycles. The third-order valence-electron chi connectivity index (χ3n) is 4.63. The van der Waals surface area contributed by atoms with Gasteiger partial charge in [-0.15, -0.1) is 0 Å². The molecule has 0 bridgehead atoms. The Kier molecular flexibility index (Phi) is 4.91. The molecule has 4 aromatic rings. The van der Waals surface area contributed by atoms with Crippen molar-refractivity contribution in [2.24, 2.45) is 0 Å². The predicted octanol–water partition coefficient (Wildman–Crippen LogP) is 4.81. The fourth-order valence-corrected chi connectivity index (χ4v) is 3.17. The minimum absolute atomic E-state index is 0.352. The molecule has 6 heteroatoms. The Morgan fingerprint density at radius 3 is 2.66 bits per heavy atom. The zero-order chi connectivity index (χ0) is 20.4. The monoisotopic (exact) mass is 389 g/mol. The van der Waals surface area contributed by atoms with E-state index in [0.29, 0.717) is 28.3 Å². The van der Waals surface area contributed by atoms with Crippen molar-refractivity contribution in [1.82, 2.24) is 0 Å². The topological polar surface area (TPSA) is 77.8 Å². The molecule has 1 heterocycles. The predicted molar refractivity (Wildman–Crippen MR) is 111 cm³/mol. The summed E-state index contributed by atoms with van der Waals surface area (Å²) in [6.07, 6.45) is -0.0571. The van der Waals surface area contributed by atoms with E-state index in [0.717, 1.165) is 22.6 Å². The molecule has 0 aliphatic rings. The maximum Gasteiger partial charge on any atom is 0.265 e. The molecule has 4 rings (SSSR count). The molecule has 1 atom stereocenters. The van der Waals surface area contributed by atoms with E-state index >= 15 is 0 Å². The molecule has 0 spiro atoms. The second-order valence-electron chi connectivity index (χ2n) is 6.59. The number of ether oxygens (including phenoxy) is 2. The van der Waals surface area contributed by atoms with Crippen molar-refractivity contribution in [1.29, 1.82) is 0 Å². The molecule has 0 radical (unpaired) electrons. The van der Waals surface area contributed by atoms with E-state index in [1.807, 2.05) is 30.3 Å². The number of amides is 1. The van der Waals surface area contributed by atoms with E-state index in [2.05, 4.69) is 5.32 Å². The quantitative estimate of drug-likeness (QED) is 0.479. The number of furan rings is 1. The van der Waals surface area contributed by atoms with Crippen LogP contribution in [0.2, 0.25) is 0 Å². The van der Waals surface area contributed by atoms with Gasteiger partial charge in [0.25, 0.3) is 5.91 Å². The summed E-state index contributed by atoms with van der Waals surface area (Å²) in [5, 5.41) is 4.71. The summed E-state index contributed by atoms with van der Waals surface area (Å²) in [7, 11) is 1.55. The fourth-order valence-electron chi connectivity index (χ4n) is 3.17. The average molecular weight is 389 g/mol. The Hall–Kier alpha value is -3.80. The maximum atomic E-state index is 12.7. The summed E-state index contributed by atoms with van der Waals surface area (Å²) in [5.74, 6) is 0.611. The highest BCUT2D eigenvalue weighted by molar-refractivity contribution is 6.08. The highest BCUT2D eigenvalue weighted by atomic mass is 16.5. The van der Waals surface area contributed by atoms with E-state index < -0.39 is 6.10 Å². The first-order valence-corrected chi connectivity index (χ1v) is 9.11. The van der Waals surface area contributed by atoms with Crippen LogP contribution in [0.5, 0.6) is 11.5 Å². The Labute approximate surface area is 167 Å². The number of carbonyl (C=O) groups excluding carboxylic acids is 2. The van der Waals surface area contributed by atoms with Crippen molar-refractivity contribution in [3.8, 4) is 11.5 Å². The molecule has 0 saturated heterocycles. The number of benzene rings is 3. The van der Waals surface area contributed by atoms with Gasteiger partial charge in [-0.1, -0.05) is 30.3 Å². The maximum absolute atomic E-state index is 12.7. The lowest BCUT2D eigenvalue weighted by molar-refractivity contribution is -0.122. The smallest absolute Gasteiger partial charge is 0.265 e. The van der Waals surface area contributed by atoms with Crippen LogP contribution in [0.1, 0.15) is 17.3 Å². The van der Waals surface area contributed by atoms with Gasteiger partial charge in [0, 0.05) is 22.4 Å². The number of aldehydes is 1. The normalized spacial score (nSPS) is 11.9. The number of anilines is 1. The molecule has 0 unspecified atom stereocenters. The first-order valence-electron chi connectivity index (χ1n) is 9.11. The van der Waals surface area contributed by atoms with Crippen molar-refractivity contribution in [2.75, 3.05) is 12.4 Å². The van der Waals surface area contributed by atoms with E-state index in [4.69, 9.17) is 13.9 Å². The number of para-hydroxylation sites is 1. The molecule has 6 nitrogen and oxygen atoms in total. The summed E-state index contributed by atoms with van der Waals surface area (Å²) in [4.78, 5) is 23.6. The summed E-state index contributed by atoms with van der Waals surface area (Å²) in [5.41, 5.74) is 2.38. The number of hydrogen-bond donors (Lipinski definition) is 1. The fraction of sp³-hybridized carbons (Fsp3) is 0.130. The van der Waals surface area contributed by atoms with Crippen molar-refractivity contribution in [3.63, 3.8) is 0 Å². The van der Waals surface area contributed by atoms with Crippen LogP contribution in [0.3, 0.4) is 0 Å². The molecular formula is C23H19NO5. The summed E-state index contributed by atoms with van der Waals surface area (Å²) < 4.78 is 17.0. The summed E-state index contributed by atoms with van der Waals surface area (Å²) >= 11 is 0. The molecule has 29 heavy (non-hydrogen) atoms. The minimum atomic E-state index is -0.784. The van der Waals surface area contributed by atoms with E-state index in [1.165, 1.54) is 0 Å². The van der Waals surface area contributed by atoms with Crippen LogP contribution in [0.15, 0.2) is 65.1 Å². The molecule has 0 fully saturated rings. The van der Waals surface area contributed by atoms with Crippen LogP contribution in [0, 0.1) is 0 Å². The molecular weight excluding hydrogens is 370 g/mol. The van der Waals surface area contributed by atoms with E-state index in [1.54, 1.807) is 44.4 Å². The van der Waals surface area contributed by atoms with Crippen molar-refractivity contribution in [3.05, 3.63) is 66.2 Å². The van der Waals surface area contributed by atoms with Gasteiger partial charge in [0.05, 0.1) is 12.8 Å². The van der Waals surface area contributed by atoms with Gasteiger partial charge in [0.15, 0.2) is 6.10 Å². The van der Waals surface area contributed by atoms with Crippen LogP contribution in [0.25, 0.3) is 21.9 Å². The lowest BCUT2D eigenvalue weighted by atomic mass is 10.1. The Balaban J connectivity index is 1.59. The largest absolute Gasteiger partial charge is 0.495 e. The summed E-state index contributed by atoms with van der Waals surface area (Å²) in [6, 6.07) is 17.9. The zero-order valence-corrected chi connectivity index (χ0v) is 16.0. The minimum Gasteiger partial charge on any atom is -0.495 e. The third kappa shape index (κ3) is 3.65. The zero-order valence-electron chi connectivity index (χ0n) is 16.0. The van der Waals surface area contributed by atoms with E-state index in [-0.39, 0.29) is 5.91 Å². The number of hydrogen-bond acceptors (Lipinski definition) is 5. The van der Waals surface area contributed by atoms with Crippen LogP contribution in [-0.4, -0.2) is 25.4 Å². The van der Waals surface area contributed by atoms with E-state index in [9.17, 15) is 9.59 Å². The molecule has 0 saturated carbocycles. The van der Waals surface area contributed by atoms with Crippen LogP contribution in [0.4, 0.5) is 5.69 Å². The van der Waals surface area contributed by atoms with Crippen LogP contribution >= 0.6 is 0 Å². The standard InChI is InChI=1S/C23H19NO5/c1-14(28-16-7-5-6-15(10-16)13-25)23(26)24-19-12-21-18(11-22(19)27-2)17-8-3-4-9-20(17)29-21/h3-14H,1-2H3,(H,24,26)/t14-/m0/s1. The molecule has 1 aromatic heterocycles. The molecule has 0 aliphatic carbocycles. The SMILES string of the molecule is COc1cc2c(cc1NC(=O)[C@H](C)Oc1cccc(C=O)c1)oc1ccccc12. The highest BCUT2D eigenvalue weighted by Gasteiger charge is 2.19. The number of carbonyl (C=O) groups is 2. The molecule has 3 aromatic carbocycles. The van der Waals surface area contributed by atoms with Gasteiger partial charge >= 0.3 is 0 Å². The first-order chi connectivity index (χ1) is 14.1. The van der Waals surface area contributed by atoms with Gasteiger partial charge in [-0.3, -0.25) is 9.59 Å². The molecule has 1 N–H and O–H groups in total. The highest BCUT2D eigenvalue weighted by Crippen LogP contribution is 2.36. The first kappa shape index (κ1) is 18.6. The molecule has 146 valence electrons. The van der Waals surface area contributed by atoms with Crippen LogP contribution in [-0.2, 0) is 4.79 Å².